The Balaban J connectivity index is 1.91. The average molecular weight is 392 g/mol. The van der Waals surface area contributed by atoms with Crippen LogP contribution in [0.4, 0.5) is 5.13 Å². The molecule has 1 aromatic carbocycles. The molecule has 0 spiro atoms. The van der Waals surface area contributed by atoms with Crippen LogP contribution in [0.1, 0.15) is 18.2 Å². The van der Waals surface area contributed by atoms with Gasteiger partial charge in [-0.1, -0.05) is 6.07 Å². The smallest absolute Gasteiger partial charge is 0.191 e. The highest BCUT2D eigenvalue weighted by Crippen LogP contribution is 2.27. The van der Waals surface area contributed by atoms with E-state index in [0.717, 1.165) is 47.8 Å². The Hall–Kier alpha value is -2.48. The van der Waals surface area contributed by atoms with E-state index >= 15 is 0 Å². The van der Waals surface area contributed by atoms with Gasteiger partial charge in [0.15, 0.2) is 22.6 Å². The van der Waals surface area contributed by atoms with Crippen LogP contribution in [-0.2, 0) is 13.0 Å². The van der Waals surface area contributed by atoms with Crippen LogP contribution in [0, 0.1) is 0 Å². The lowest BCUT2D eigenvalue weighted by atomic mass is 10.1. The molecule has 2 rings (SSSR count). The quantitative estimate of drug-likeness (QED) is 0.506. The number of aliphatic imine (C=N–C) groups is 1. The summed E-state index contributed by atoms with van der Waals surface area (Å²) in [5.74, 6) is 2.28. The van der Waals surface area contributed by atoms with Crippen molar-refractivity contribution in [1.29, 1.82) is 0 Å². The van der Waals surface area contributed by atoms with Crippen molar-refractivity contribution in [3.63, 3.8) is 0 Å². The van der Waals surface area contributed by atoms with Crippen LogP contribution >= 0.6 is 11.3 Å². The Kier molecular flexibility index (Phi) is 8.19. The number of anilines is 1. The number of benzene rings is 1. The number of rotatable bonds is 9. The van der Waals surface area contributed by atoms with Crippen LogP contribution in [-0.4, -0.2) is 52.3 Å². The molecule has 0 aliphatic rings. The zero-order chi connectivity index (χ0) is 19.6. The first-order valence-electron chi connectivity index (χ1n) is 8.92. The van der Waals surface area contributed by atoms with Gasteiger partial charge in [0.2, 0.25) is 0 Å². The van der Waals surface area contributed by atoms with E-state index in [-0.39, 0.29) is 0 Å². The minimum Gasteiger partial charge on any atom is -0.493 e. The topological polar surface area (TPSA) is 71.0 Å². The Morgan fingerprint density at radius 3 is 2.59 bits per heavy atom. The van der Waals surface area contributed by atoms with Crippen LogP contribution in [0.5, 0.6) is 11.5 Å². The lowest BCUT2D eigenvalue weighted by Gasteiger charge is -2.12. The summed E-state index contributed by atoms with van der Waals surface area (Å²) in [6.07, 6.45) is 0.853. The number of aromatic nitrogens is 1. The summed E-state index contributed by atoms with van der Waals surface area (Å²) in [5, 5.41) is 9.68. The molecule has 0 bridgehead atoms. The van der Waals surface area contributed by atoms with Gasteiger partial charge in [-0.25, -0.2) is 9.98 Å². The Labute approximate surface area is 165 Å². The summed E-state index contributed by atoms with van der Waals surface area (Å²) in [7, 11) is 7.27. The van der Waals surface area contributed by atoms with Crippen LogP contribution < -0.4 is 25.0 Å². The van der Waals surface area contributed by atoms with E-state index in [1.54, 1.807) is 25.6 Å². The molecule has 0 aliphatic heterocycles. The van der Waals surface area contributed by atoms with Gasteiger partial charge in [0, 0.05) is 32.6 Å². The summed E-state index contributed by atoms with van der Waals surface area (Å²) in [4.78, 5) is 11.2. The van der Waals surface area contributed by atoms with Crippen molar-refractivity contribution in [2.45, 2.75) is 19.9 Å². The molecule has 0 saturated heterocycles. The Bertz CT molecular complexity index is 745. The monoisotopic (exact) mass is 391 g/mol. The van der Waals surface area contributed by atoms with E-state index in [4.69, 9.17) is 9.47 Å². The fourth-order valence-electron chi connectivity index (χ4n) is 2.44. The van der Waals surface area contributed by atoms with E-state index in [2.05, 4.69) is 27.5 Å². The third kappa shape index (κ3) is 6.32. The lowest BCUT2D eigenvalue weighted by molar-refractivity contribution is 0.354. The molecule has 2 N–H and O–H groups in total. The number of hydrogen-bond acceptors (Lipinski definition) is 6. The number of ether oxygens (including phenoxy) is 2. The second kappa shape index (κ2) is 10.6. The minimum absolute atomic E-state index is 0.552. The van der Waals surface area contributed by atoms with Gasteiger partial charge in [-0.15, -0.1) is 11.3 Å². The first-order valence-corrected chi connectivity index (χ1v) is 9.80. The molecular weight excluding hydrogens is 362 g/mol. The normalized spacial score (nSPS) is 11.2. The molecule has 8 heteroatoms. The number of hydrogen-bond donors (Lipinski definition) is 2. The number of nitrogens with one attached hydrogen (secondary N) is 2. The van der Waals surface area contributed by atoms with Gasteiger partial charge in [0.1, 0.15) is 0 Å². The molecule has 0 unspecified atom stereocenters. The predicted octanol–water partition coefficient (Wildman–Crippen LogP) is 2.52. The van der Waals surface area contributed by atoms with Crippen molar-refractivity contribution < 1.29 is 9.47 Å². The third-order valence-corrected chi connectivity index (χ3v) is 4.88. The maximum absolute atomic E-state index is 5.36. The van der Waals surface area contributed by atoms with Crippen molar-refractivity contribution in [2.24, 2.45) is 4.99 Å². The molecule has 148 valence electrons. The Morgan fingerprint density at radius 2 is 1.96 bits per heavy atom. The summed E-state index contributed by atoms with van der Waals surface area (Å²) in [6, 6.07) is 5.98. The zero-order valence-electron chi connectivity index (χ0n) is 16.7. The van der Waals surface area contributed by atoms with Crippen molar-refractivity contribution >= 4 is 22.4 Å². The molecule has 0 radical (unpaired) electrons. The zero-order valence-corrected chi connectivity index (χ0v) is 17.5. The summed E-state index contributed by atoms with van der Waals surface area (Å²) in [5.41, 5.74) is 2.15. The first-order chi connectivity index (χ1) is 13.1. The van der Waals surface area contributed by atoms with Crippen molar-refractivity contribution in [2.75, 3.05) is 46.3 Å². The number of methoxy groups -OCH3 is 2. The molecule has 7 nitrogen and oxygen atoms in total. The van der Waals surface area contributed by atoms with Crippen molar-refractivity contribution in [3.05, 3.63) is 34.8 Å². The maximum atomic E-state index is 5.36. The van der Waals surface area contributed by atoms with E-state index in [1.807, 2.05) is 42.6 Å². The lowest BCUT2D eigenvalue weighted by Crippen LogP contribution is -2.38. The molecule has 1 heterocycles. The molecular formula is C19H29N5O2S. The van der Waals surface area contributed by atoms with Crippen LogP contribution in [0.2, 0.25) is 0 Å². The van der Waals surface area contributed by atoms with Crippen LogP contribution in [0.15, 0.2) is 28.6 Å². The van der Waals surface area contributed by atoms with E-state index < -0.39 is 0 Å². The maximum Gasteiger partial charge on any atom is 0.191 e. The molecule has 2 aromatic rings. The van der Waals surface area contributed by atoms with E-state index in [9.17, 15) is 0 Å². The molecule has 27 heavy (non-hydrogen) atoms. The second-order valence-corrected chi connectivity index (χ2v) is 6.91. The first kappa shape index (κ1) is 20.8. The molecule has 0 saturated carbocycles. The highest BCUT2D eigenvalue weighted by molar-refractivity contribution is 7.13. The molecule has 0 atom stereocenters. The van der Waals surface area contributed by atoms with Crippen molar-refractivity contribution in [1.82, 2.24) is 15.6 Å². The second-order valence-electron chi connectivity index (χ2n) is 6.08. The highest BCUT2D eigenvalue weighted by atomic mass is 32.1. The molecule has 1 aromatic heterocycles. The molecule has 0 amide bonds. The minimum atomic E-state index is 0.552. The van der Waals surface area contributed by atoms with E-state index in [1.165, 1.54) is 5.56 Å². The summed E-state index contributed by atoms with van der Waals surface area (Å²) in [6.45, 7) is 4.18. The fraction of sp³-hybridized carbons (Fsp3) is 0.474. The van der Waals surface area contributed by atoms with Crippen molar-refractivity contribution in [3.8, 4) is 11.5 Å². The van der Waals surface area contributed by atoms with Gasteiger partial charge < -0.3 is 25.0 Å². The SMILES string of the molecule is CCNC(=NCc1csc(N(C)C)n1)NCCc1ccc(OC)c(OC)c1. The van der Waals surface area contributed by atoms with Gasteiger partial charge >= 0.3 is 0 Å². The van der Waals surface area contributed by atoms with Crippen LogP contribution in [0.3, 0.4) is 0 Å². The largest absolute Gasteiger partial charge is 0.493 e. The third-order valence-electron chi connectivity index (χ3n) is 3.82. The van der Waals surface area contributed by atoms with Gasteiger partial charge in [-0.05, 0) is 31.0 Å². The van der Waals surface area contributed by atoms with Gasteiger partial charge in [0.05, 0.1) is 26.5 Å². The average Bonchev–Trinajstić information content (AvgIpc) is 3.15. The standard InChI is InChI=1S/C19H29N5O2S/c1-6-20-18(22-12-15-13-27-19(23-15)24(2)3)21-10-9-14-7-8-16(25-4)17(11-14)26-5/h7-8,11,13H,6,9-10,12H2,1-5H3,(H2,20,21,22). The number of thiazole rings is 1. The molecule has 0 aliphatic carbocycles. The number of nitrogens with zero attached hydrogens (tertiary/aromatic N) is 3. The fourth-order valence-corrected chi connectivity index (χ4v) is 3.19. The number of guanidine groups is 1. The van der Waals surface area contributed by atoms with Gasteiger partial charge in [0.25, 0.3) is 0 Å². The molecule has 0 fully saturated rings. The summed E-state index contributed by atoms with van der Waals surface area (Å²) < 4.78 is 10.6. The van der Waals surface area contributed by atoms with E-state index in [0.29, 0.717) is 6.54 Å². The van der Waals surface area contributed by atoms with Gasteiger partial charge in [-0.3, -0.25) is 0 Å². The highest BCUT2D eigenvalue weighted by Gasteiger charge is 2.06. The Morgan fingerprint density at radius 1 is 1.19 bits per heavy atom. The van der Waals surface area contributed by atoms with Gasteiger partial charge in [-0.2, -0.15) is 0 Å². The summed E-state index contributed by atoms with van der Waals surface area (Å²) >= 11 is 1.63. The predicted molar refractivity (Wildman–Crippen MR) is 113 cm³/mol. The van der Waals surface area contributed by atoms with Crippen LogP contribution in [0.25, 0.3) is 0 Å².